The van der Waals surface area contributed by atoms with E-state index in [1.807, 2.05) is 48.5 Å². The monoisotopic (exact) mass is 267 g/mol. The first-order valence-electron chi connectivity index (χ1n) is 6.08. The molecule has 3 rings (SSSR count). The van der Waals surface area contributed by atoms with Gasteiger partial charge in [0.15, 0.2) is 5.82 Å². The lowest BCUT2D eigenvalue weighted by Gasteiger charge is -2.10. The third-order valence-corrected chi connectivity index (χ3v) is 2.98. The number of aromatic nitrogens is 4. The summed E-state index contributed by atoms with van der Waals surface area (Å²) in [4.78, 5) is 0. The van der Waals surface area contributed by atoms with Gasteiger partial charge in [0.25, 0.3) is 0 Å². The fourth-order valence-corrected chi connectivity index (χ4v) is 2.02. The van der Waals surface area contributed by atoms with Gasteiger partial charge < -0.3 is 10.5 Å². The van der Waals surface area contributed by atoms with Crippen LogP contribution in [-0.2, 0) is 0 Å². The summed E-state index contributed by atoms with van der Waals surface area (Å²) in [6, 6.07) is 15.0. The smallest absolute Gasteiger partial charge is 0.189 e. The quantitative estimate of drug-likeness (QED) is 0.733. The molecule has 100 valence electrons. The fraction of sp³-hybridized carbons (Fsp3) is 0.0714. The van der Waals surface area contributed by atoms with Crippen LogP contribution in [0.25, 0.3) is 17.1 Å². The summed E-state index contributed by atoms with van der Waals surface area (Å²) >= 11 is 0. The minimum atomic E-state index is 0.576. The summed E-state index contributed by atoms with van der Waals surface area (Å²) in [7, 11) is 1.61. The van der Waals surface area contributed by atoms with E-state index in [0.29, 0.717) is 17.3 Å². The maximum atomic E-state index is 5.99. The Bertz CT molecular complexity index is 738. The zero-order valence-corrected chi connectivity index (χ0v) is 10.9. The summed E-state index contributed by atoms with van der Waals surface area (Å²) < 4.78 is 6.96. The summed E-state index contributed by atoms with van der Waals surface area (Å²) in [6.45, 7) is 0. The van der Waals surface area contributed by atoms with Crippen molar-refractivity contribution in [3.63, 3.8) is 0 Å². The van der Waals surface area contributed by atoms with Crippen LogP contribution in [0.1, 0.15) is 0 Å². The summed E-state index contributed by atoms with van der Waals surface area (Å²) in [5.74, 6) is 1.27. The first kappa shape index (κ1) is 12.2. The Balaban J connectivity index is 2.19. The van der Waals surface area contributed by atoms with Crippen LogP contribution < -0.4 is 10.5 Å². The number of hydrogen-bond acceptors (Lipinski definition) is 5. The average Bonchev–Trinajstić information content (AvgIpc) is 2.96. The van der Waals surface area contributed by atoms with Crippen molar-refractivity contribution in [3.8, 4) is 22.8 Å². The van der Waals surface area contributed by atoms with E-state index < -0.39 is 0 Å². The molecule has 0 unspecified atom stereocenters. The summed E-state index contributed by atoms with van der Waals surface area (Å²) in [6.07, 6.45) is 0. The topological polar surface area (TPSA) is 78.8 Å². The van der Waals surface area contributed by atoms with Gasteiger partial charge in [0, 0.05) is 11.3 Å². The van der Waals surface area contributed by atoms with Gasteiger partial charge in [0.2, 0.25) is 0 Å². The SMILES string of the molecule is COc1ccccc1-n1nnnc1-c1ccccc1N. The van der Waals surface area contributed by atoms with Gasteiger partial charge in [-0.2, -0.15) is 4.68 Å². The number of nitrogens with two attached hydrogens (primary N) is 1. The van der Waals surface area contributed by atoms with E-state index in [4.69, 9.17) is 10.5 Å². The lowest BCUT2D eigenvalue weighted by Crippen LogP contribution is -2.03. The third kappa shape index (κ3) is 1.97. The second-order valence-electron chi connectivity index (χ2n) is 4.17. The number of para-hydroxylation sites is 3. The second kappa shape index (κ2) is 5.00. The largest absolute Gasteiger partial charge is 0.494 e. The molecule has 0 fully saturated rings. The van der Waals surface area contributed by atoms with Crippen molar-refractivity contribution in [1.82, 2.24) is 20.2 Å². The van der Waals surface area contributed by atoms with Crippen LogP contribution in [0.4, 0.5) is 5.69 Å². The number of rotatable bonds is 3. The molecule has 0 saturated carbocycles. The van der Waals surface area contributed by atoms with Crippen molar-refractivity contribution < 1.29 is 4.74 Å². The van der Waals surface area contributed by atoms with Crippen LogP contribution in [0.2, 0.25) is 0 Å². The molecular formula is C14H13N5O. The van der Waals surface area contributed by atoms with Gasteiger partial charge >= 0.3 is 0 Å². The molecule has 0 spiro atoms. The zero-order chi connectivity index (χ0) is 13.9. The van der Waals surface area contributed by atoms with Gasteiger partial charge in [-0.15, -0.1) is 5.10 Å². The Hall–Kier alpha value is -2.89. The molecule has 0 atom stereocenters. The van der Waals surface area contributed by atoms with Gasteiger partial charge in [-0.3, -0.25) is 0 Å². The number of hydrogen-bond donors (Lipinski definition) is 1. The number of ether oxygens (including phenoxy) is 1. The molecule has 0 radical (unpaired) electrons. The molecule has 0 aliphatic heterocycles. The average molecular weight is 267 g/mol. The van der Waals surface area contributed by atoms with Crippen molar-refractivity contribution in [1.29, 1.82) is 0 Å². The molecular weight excluding hydrogens is 254 g/mol. The molecule has 20 heavy (non-hydrogen) atoms. The highest BCUT2D eigenvalue weighted by molar-refractivity contribution is 5.72. The predicted molar refractivity (Wildman–Crippen MR) is 75.6 cm³/mol. The number of nitrogens with zero attached hydrogens (tertiary/aromatic N) is 4. The van der Waals surface area contributed by atoms with Crippen LogP contribution in [0.3, 0.4) is 0 Å². The highest BCUT2D eigenvalue weighted by atomic mass is 16.5. The van der Waals surface area contributed by atoms with Crippen molar-refractivity contribution in [3.05, 3.63) is 48.5 Å². The second-order valence-corrected chi connectivity index (χ2v) is 4.17. The normalized spacial score (nSPS) is 10.4. The maximum Gasteiger partial charge on any atom is 0.189 e. The summed E-state index contributed by atoms with van der Waals surface area (Å²) in [5, 5.41) is 11.8. The Labute approximate surface area is 115 Å². The van der Waals surface area contributed by atoms with Gasteiger partial charge in [0.1, 0.15) is 11.4 Å². The zero-order valence-electron chi connectivity index (χ0n) is 10.9. The number of anilines is 1. The standard InChI is InChI=1S/C14H13N5O/c1-20-13-9-5-4-8-12(13)19-14(16-17-18-19)10-6-2-3-7-11(10)15/h2-9H,15H2,1H3. The van der Waals surface area contributed by atoms with Gasteiger partial charge in [0.05, 0.1) is 7.11 Å². The van der Waals surface area contributed by atoms with E-state index in [2.05, 4.69) is 15.5 Å². The molecule has 0 aliphatic rings. The van der Waals surface area contributed by atoms with E-state index in [9.17, 15) is 0 Å². The van der Waals surface area contributed by atoms with Gasteiger partial charge in [-0.1, -0.05) is 24.3 Å². The highest BCUT2D eigenvalue weighted by Crippen LogP contribution is 2.28. The lowest BCUT2D eigenvalue weighted by atomic mass is 10.1. The Morgan fingerprint density at radius 2 is 1.80 bits per heavy atom. The van der Waals surface area contributed by atoms with Crippen molar-refractivity contribution in [2.24, 2.45) is 0 Å². The molecule has 0 amide bonds. The molecule has 3 aromatic rings. The molecule has 2 N–H and O–H groups in total. The van der Waals surface area contributed by atoms with E-state index in [1.165, 1.54) is 0 Å². The van der Waals surface area contributed by atoms with Crippen LogP contribution in [0, 0.1) is 0 Å². The fourth-order valence-electron chi connectivity index (χ4n) is 2.02. The van der Waals surface area contributed by atoms with E-state index in [0.717, 1.165) is 11.3 Å². The van der Waals surface area contributed by atoms with Crippen LogP contribution in [0.15, 0.2) is 48.5 Å². The molecule has 1 heterocycles. The van der Waals surface area contributed by atoms with Gasteiger partial charge in [-0.25, -0.2) is 0 Å². The number of tetrazole rings is 1. The maximum absolute atomic E-state index is 5.99. The van der Waals surface area contributed by atoms with E-state index in [1.54, 1.807) is 11.8 Å². The highest BCUT2D eigenvalue weighted by Gasteiger charge is 2.15. The first-order valence-corrected chi connectivity index (χ1v) is 6.08. The number of nitrogen functional groups attached to an aromatic ring is 1. The first-order chi connectivity index (χ1) is 9.81. The van der Waals surface area contributed by atoms with Crippen molar-refractivity contribution >= 4 is 5.69 Å². The molecule has 2 aromatic carbocycles. The van der Waals surface area contributed by atoms with Crippen LogP contribution >= 0.6 is 0 Å². The van der Waals surface area contributed by atoms with E-state index in [-0.39, 0.29) is 0 Å². The molecule has 6 nitrogen and oxygen atoms in total. The predicted octanol–water partition coefficient (Wildman–Crippen LogP) is 1.92. The molecule has 1 aromatic heterocycles. The summed E-state index contributed by atoms with van der Waals surface area (Å²) in [5.41, 5.74) is 8.16. The van der Waals surface area contributed by atoms with Crippen molar-refractivity contribution in [2.45, 2.75) is 0 Å². The van der Waals surface area contributed by atoms with Crippen LogP contribution in [-0.4, -0.2) is 27.3 Å². The Morgan fingerprint density at radius 3 is 2.60 bits per heavy atom. The third-order valence-electron chi connectivity index (χ3n) is 2.98. The number of methoxy groups -OCH3 is 1. The van der Waals surface area contributed by atoms with E-state index >= 15 is 0 Å². The van der Waals surface area contributed by atoms with Crippen LogP contribution in [0.5, 0.6) is 5.75 Å². The lowest BCUT2D eigenvalue weighted by molar-refractivity contribution is 0.411. The van der Waals surface area contributed by atoms with Crippen molar-refractivity contribution in [2.75, 3.05) is 12.8 Å². The number of benzene rings is 2. The van der Waals surface area contributed by atoms with Gasteiger partial charge in [-0.05, 0) is 34.7 Å². The molecule has 0 saturated heterocycles. The Kier molecular flexibility index (Phi) is 3.04. The minimum absolute atomic E-state index is 0.576. The minimum Gasteiger partial charge on any atom is -0.494 e. The molecule has 0 aliphatic carbocycles. The Morgan fingerprint density at radius 1 is 1.05 bits per heavy atom. The molecule has 0 bridgehead atoms. The molecule has 6 heteroatoms.